The molecule has 2 heteroatoms. The number of hydrogen-bond acceptors (Lipinski definition) is 2. The van der Waals surface area contributed by atoms with Crippen molar-refractivity contribution in [3.05, 3.63) is 49.1 Å². The van der Waals surface area contributed by atoms with E-state index < -0.39 is 0 Å². The Labute approximate surface area is 81.2 Å². The van der Waals surface area contributed by atoms with E-state index in [1.54, 1.807) is 12.4 Å². The predicted octanol–water partition coefficient (Wildman–Crippen LogP) is 2.58. The quantitative estimate of drug-likeness (QED) is 0.496. The second-order valence-electron chi connectivity index (χ2n) is 3.18. The molecule has 2 heterocycles. The second kappa shape index (κ2) is 2.77. The molecule has 0 amide bonds. The molecule has 0 bridgehead atoms. The summed E-state index contributed by atoms with van der Waals surface area (Å²) in [6.07, 6.45) is 8.41. The van der Waals surface area contributed by atoms with Crippen LogP contribution >= 0.6 is 0 Å². The SMILES string of the molecule is [c]1nccc2ccc3ccncc3c12. The van der Waals surface area contributed by atoms with Gasteiger partial charge >= 0.3 is 0 Å². The van der Waals surface area contributed by atoms with Crippen molar-refractivity contribution >= 4 is 21.5 Å². The van der Waals surface area contributed by atoms with Gasteiger partial charge in [-0.15, -0.1) is 0 Å². The number of pyridine rings is 2. The third-order valence-electron chi connectivity index (χ3n) is 2.36. The van der Waals surface area contributed by atoms with Gasteiger partial charge in [-0.05, 0) is 22.9 Å². The fourth-order valence-corrected chi connectivity index (χ4v) is 1.66. The van der Waals surface area contributed by atoms with Gasteiger partial charge in [0.1, 0.15) is 0 Å². The summed E-state index contributed by atoms with van der Waals surface area (Å²) in [5.74, 6) is 0. The van der Waals surface area contributed by atoms with E-state index in [2.05, 4.69) is 28.3 Å². The van der Waals surface area contributed by atoms with Crippen molar-refractivity contribution in [1.29, 1.82) is 0 Å². The van der Waals surface area contributed by atoms with E-state index in [9.17, 15) is 0 Å². The maximum absolute atomic E-state index is 4.12. The average molecular weight is 179 g/mol. The van der Waals surface area contributed by atoms with Crippen molar-refractivity contribution < 1.29 is 0 Å². The molecular weight excluding hydrogens is 172 g/mol. The van der Waals surface area contributed by atoms with Crippen LogP contribution in [0.4, 0.5) is 0 Å². The highest BCUT2D eigenvalue weighted by Crippen LogP contribution is 2.22. The highest BCUT2D eigenvalue weighted by molar-refractivity contribution is 6.06. The molecule has 0 saturated carbocycles. The summed E-state index contributed by atoms with van der Waals surface area (Å²) < 4.78 is 0. The Morgan fingerprint density at radius 3 is 2.79 bits per heavy atom. The van der Waals surface area contributed by atoms with Crippen molar-refractivity contribution in [2.45, 2.75) is 0 Å². The summed E-state index contributed by atoms with van der Waals surface area (Å²) in [5.41, 5.74) is 0. The molecule has 0 unspecified atom stereocenters. The van der Waals surface area contributed by atoms with E-state index in [1.165, 1.54) is 5.39 Å². The van der Waals surface area contributed by atoms with Gasteiger partial charge in [-0.2, -0.15) is 0 Å². The second-order valence-corrected chi connectivity index (χ2v) is 3.18. The number of benzene rings is 1. The third kappa shape index (κ3) is 0.973. The summed E-state index contributed by atoms with van der Waals surface area (Å²) in [4.78, 5) is 8.13. The monoisotopic (exact) mass is 179 g/mol. The molecule has 0 saturated heterocycles. The summed E-state index contributed by atoms with van der Waals surface area (Å²) in [6, 6.07) is 8.15. The van der Waals surface area contributed by atoms with Crippen molar-refractivity contribution in [2.24, 2.45) is 0 Å². The molecule has 0 N–H and O–H groups in total. The lowest BCUT2D eigenvalue weighted by Crippen LogP contribution is -1.80. The Morgan fingerprint density at radius 2 is 1.79 bits per heavy atom. The molecule has 2 nitrogen and oxygen atoms in total. The van der Waals surface area contributed by atoms with Gasteiger partial charge in [0.15, 0.2) is 0 Å². The standard InChI is InChI=1S/C12H7N2/c1-2-10-4-6-14-8-12(10)11-7-13-5-3-9(1)11/h1-7H. The minimum atomic E-state index is 1.04. The highest BCUT2D eigenvalue weighted by Gasteiger charge is 1.99. The first-order valence-electron chi connectivity index (χ1n) is 4.44. The van der Waals surface area contributed by atoms with E-state index in [-0.39, 0.29) is 0 Å². The summed E-state index contributed by atoms with van der Waals surface area (Å²) in [5, 5.41) is 4.48. The van der Waals surface area contributed by atoms with Gasteiger partial charge in [0.25, 0.3) is 0 Å². The zero-order chi connectivity index (χ0) is 9.38. The number of hydrogen-bond donors (Lipinski definition) is 0. The van der Waals surface area contributed by atoms with E-state index in [4.69, 9.17) is 0 Å². The van der Waals surface area contributed by atoms with Crippen LogP contribution in [-0.2, 0) is 0 Å². The highest BCUT2D eigenvalue weighted by atomic mass is 14.6. The zero-order valence-corrected chi connectivity index (χ0v) is 7.44. The van der Waals surface area contributed by atoms with Crippen molar-refractivity contribution in [3.8, 4) is 0 Å². The molecule has 3 rings (SSSR count). The molecule has 1 aromatic carbocycles. The van der Waals surface area contributed by atoms with E-state index in [0.29, 0.717) is 0 Å². The fourth-order valence-electron chi connectivity index (χ4n) is 1.66. The van der Waals surface area contributed by atoms with Gasteiger partial charge in [-0.1, -0.05) is 12.1 Å². The summed E-state index contributed by atoms with van der Waals surface area (Å²) >= 11 is 0. The molecule has 65 valence electrons. The number of fused-ring (bicyclic) bond motifs is 3. The summed E-state index contributed by atoms with van der Waals surface area (Å²) in [7, 11) is 0. The van der Waals surface area contributed by atoms with Crippen LogP contribution in [0.2, 0.25) is 0 Å². The van der Waals surface area contributed by atoms with Gasteiger partial charge in [0, 0.05) is 29.4 Å². The lowest BCUT2D eigenvalue weighted by Gasteiger charge is -2.00. The summed E-state index contributed by atoms with van der Waals surface area (Å²) in [6.45, 7) is 0. The maximum Gasteiger partial charge on any atom is 0.0977 e. The molecule has 0 aliphatic rings. The first-order chi connectivity index (χ1) is 6.95. The number of aromatic nitrogens is 2. The molecule has 0 aliphatic heterocycles. The molecule has 0 aliphatic carbocycles. The molecule has 14 heavy (non-hydrogen) atoms. The first kappa shape index (κ1) is 7.44. The molecule has 0 spiro atoms. The van der Waals surface area contributed by atoms with Crippen LogP contribution in [0.5, 0.6) is 0 Å². The van der Waals surface area contributed by atoms with E-state index >= 15 is 0 Å². The fraction of sp³-hybridized carbons (Fsp3) is 0. The predicted molar refractivity (Wildman–Crippen MR) is 55.9 cm³/mol. The Morgan fingerprint density at radius 1 is 0.929 bits per heavy atom. The Kier molecular flexibility index (Phi) is 1.47. The zero-order valence-electron chi connectivity index (χ0n) is 7.44. The van der Waals surface area contributed by atoms with Crippen LogP contribution in [0.25, 0.3) is 21.5 Å². The largest absolute Gasteiger partial charge is 0.264 e. The average Bonchev–Trinajstić information content (AvgIpc) is 2.29. The molecule has 0 atom stereocenters. The van der Waals surface area contributed by atoms with Crippen molar-refractivity contribution in [3.63, 3.8) is 0 Å². The van der Waals surface area contributed by atoms with Gasteiger partial charge in [-0.3, -0.25) is 9.97 Å². The normalized spacial score (nSPS) is 10.9. The van der Waals surface area contributed by atoms with Crippen LogP contribution in [0.1, 0.15) is 0 Å². The maximum atomic E-state index is 4.12. The number of rotatable bonds is 0. The molecule has 1 radical (unpaired) electrons. The van der Waals surface area contributed by atoms with E-state index in [0.717, 1.165) is 16.2 Å². The van der Waals surface area contributed by atoms with Crippen LogP contribution in [0.3, 0.4) is 0 Å². The minimum absolute atomic E-state index is 1.04. The van der Waals surface area contributed by atoms with Crippen LogP contribution in [0, 0.1) is 6.20 Å². The Balaban J connectivity index is 2.61. The lowest BCUT2D eigenvalue weighted by atomic mass is 10.1. The van der Waals surface area contributed by atoms with Crippen molar-refractivity contribution in [1.82, 2.24) is 9.97 Å². The van der Waals surface area contributed by atoms with Gasteiger partial charge in [-0.25, -0.2) is 0 Å². The molecule has 0 fully saturated rings. The topological polar surface area (TPSA) is 25.8 Å². The smallest absolute Gasteiger partial charge is 0.0977 e. The van der Waals surface area contributed by atoms with Crippen LogP contribution in [-0.4, -0.2) is 9.97 Å². The Bertz CT molecular complexity index is 547. The van der Waals surface area contributed by atoms with Crippen molar-refractivity contribution in [2.75, 3.05) is 0 Å². The molecular formula is C12H7N2. The van der Waals surface area contributed by atoms with Crippen LogP contribution < -0.4 is 0 Å². The third-order valence-corrected chi connectivity index (χ3v) is 2.36. The van der Waals surface area contributed by atoms with Gasteiger partial charge in [0.2, 0.25) is 0 Å². The molecule has 2 aromatic heterocycles. The van der Waals surface area contributed by atoms with Gasteiger partial charge < -0.3 is 0 Å². The first-order valence-corrected chi connectivity index (χ1v) is 4.44. The van der Waals surface area contributed by atoms with Gasteiger partial charge in [0.05, 0.1) is 6.20 Å². The minimum Gasteiger partial charge on any atom is -0.264 e. The number of nitrogens with zero attached hydrogens (tertiary/aromatic N) is 2. The molecule has 3 aromatic rings. The van der Waals surface area contributed by atoms with Crippen LogP contribution in [0.15, 0.2) is 42.9 Å². The van der Waals surface area contributed by atoms with E-state index in [1.807, 2.05) is 18.3 Å². The lowest BCUT2D eigenvalue weighted by molar-refractivity contribution is 1.34. The Hall–Kier alpha value is -1.96.